The van der Waals surface area contributed by atoms with Gasteiger partial charge >= 0.3 is 5.97 Å². The quantitative estimate of drug-likeness (QED) is 0.0443. The standard InChI is InChI=1S/C38H34O7/c1-25-13-14-27(21-35(25)43-3)15-18-32(39)24-33(40)19-16-28-17-20-34(36(22-28)44-4)45-38(42)26(2)30-11-8-12-31(23-30)37(41)29-9-6-5-7-10-29/h5-24,26,40H,1-4H3/b18-15+,19-16+,33-24?/t26-/m1/s1. The van der Waals surface area contributed by atoms with Gasteiger partial charge in [-0.2, -0.15) is 0 Å². The first-order valence-corrected chi connectivity index (χ1v) is 14.2. The van der Waals surface area contributed by atoms with Crippen LogP contribution < -0.4 is 14.2 Å². The third-order valence-electron chi connectivity index (χ3n) is 7.05. The van der Waals surface area contributed by atoms with E-state index in [0.717, 1.165) is 23.0 Å². The summed E-state index contributed by atoms with van der Waals surface area (Å²) in [6.07, 6.45) is 7.09. The van der Waals surface area contributed by atoms with Gasteiger partial charge in [0.25, 0.3) is 0 Å². The molecule has 0 radical (unpaired) electrons. The third kappa shape index (κ3) is 8.67. The molecule has 0 fully saturated rings. The lowest BCUT2D eigenvalue weighted by molar-refractivity contribution is -0.135. The molecule has 0 aliphatic carbocycles. The van der Waals surface area contributed by atoms with E-state index in [9.17, 15) is 19.5 Å². The van der Waals surface area contributed by atoms with E-state index in [2.05, 4.69) is 0 Å². The van der Waals surface area contributed by atoms with Crippen molar-refractivity contribution in [3.8, 4) is 17.2 Å². The van der Waals surface area contributed by atoms with Crippen molar-refractivity contribution in [3.63, 3.8) is 0 Å². The van der Waals surface area contributed by atoms with Crippen LogP contribution >= 0.6 is 0 Å². The maximum absolute atomic E-state index is 13.1. The van der Waals surface area contributed by atoms with Gasteiger partial charge in [0.1, 0.15) is 11.5 Å². The number of carbonyl (C=O) groups excluding carboxylic acids is 3. The second-order valence-electron chi connectivity index (χ2n) is 10.2. The molecule has 4 aromatic rings. The average Bonchev–Trinajstić information content (AvgIpc) is 3.07. The van der Waals surface area contributed by atoms with Gasteiger partial charge in [-0.05, 0) is 72.5 Å². The fraction of sp³-hybridized carbons (Fsp3) is 0.132. The molecule has 0 aliphatic rings. The molecule has 7 heteroatoms. The fourth-order valence-electron chi connectivity index (χ4n) is 4.45. The van der Waals surface area contributed by atoms with Gasteiger partial charge in [0.2, 0.25) is 0 Å². The third-order valence-corrected chi connectivity index (χ3v) is 7.05. The number of allylic oxidation sites excluding steroid dienone is 3. The lowest BCUT2D eigenvalue weighted by Crippen LogP contribution is -2.17. The lowest BCUT2D eigenvalue weighted by Gasteiger charge is -2.15. The largest absolute Gasteiger partial charge is 0.508 e. The van der Waals surface area contributed by atoms with Crippen LogP contribution in [0.5, 0.6) is 17.2 Å². The highest BCUT2D eigenvalue weighted by atomic mass is 16.6. The highest BCUT2D eigenvalue weighted by Gasteiger charge is 2.21. The van der Waals surface area contributed by atoms with Gasteiger partial charge in [-0.15, -0.1) is 0 Å². The Morgan fingerprint density at radius 3 is 2.07 bits per heavy atom. The maximum atomic E-state index is 13.1. The van der Waals surface area contributed by atoms with Crippen molar-refractivity contribution in [1.82, 2.24) is 0 Å². The van der Waals surface area contributed by atoms with Crippen LogP contribution in [0.3, 0.4) is 0 Å². The minimum Gasteiger partial charge on any atom is -0.508 e. The predicted molar refractivity (Wildman–Crippen MR) is 175 cm³/mol. The molecule has 228 valence electrons. The van der Waals surface area contributed by atoms with Crippen LogP contribution in [0, 0.1) is 6.92 Å². The van der Waals surface area contributed by atoms with E-state index >= 15 is 0 Å². The number of carbonyl (C=O) groups is 3. The summed E-state index contributed by atoms with van der Waals surface area (Å²) in [6, 6.07) is 26.4. The van der Waals surface area contributed by atoms with Crippen LogP contribution in [-0.4, -0.2) is 36.9 Å². The second kappa shape index (κ2) is 15.2. The summed E-state index contributed by atoms with van der Waals surface area (Å²) in [6.45, 7) is 3.64. The molecule has 0 aliphatic heterocycles. The average molecular weight is 603 g/mol. The highest BCUT2D eigenvalue weighted by Crippen LogP contribution is 2.31. The first kappa shape index (κ1) is 32.2. The van der Waals surface area contributed by atoms with E-state index in [1.807, 2.05) is 31.2 Å². The predicted octanol–water partition coefficient (Wildman–Crippen LogP) is 7.69. The van der Waals surface area contributed by atoms with Crippen LogP contribution in [-0.2, 0) is 9.59 Å². The van der Waals surface area contributed by atoms with Crippen molar-refractivity contribution < 1.29 is 33.7 Å². The summed E-state index contributed by atoms with van der Waals surface area (Å²) in [7, 11) is 3.04. The van der Waals surface area contributed by atoms with Crippen molar-refractivity contribution >= 4 is 29.7 Å². The molecule has 1 N–H and O–H groups in total. The van der Waals surface area contributed by atoms with E-state index in [4.69, 9.17) is 14.2 Å². The van der Waals surface area contributed by atoms with E-state index in [-0.39, 0.29) is 23.1 Å². The summed E-state index contributed by atoms with van der Waals surface area (Å²) in [5.41, 5.74) is 4.11. The smallest absolute Gasteiger partial charge is 0.318 e. The van der Waals surface area contributed by atoms with Crippen molar-refractivity contribution in [2.45, 2.75) is 19.8 Å². The van der Waals surface area contributed by atoms with Gasteiger partial charge in [0.05, 0.1) is 20.1 Å². The number of aryl methyl sites for hydroxylation is 1. The summed E-state index contributed by atoms with van der Waals surface area (Å²) in [5, 5.41) is 10.3. The summed E-state index contributed by atoms with van der Waals surface area (Å²) in [4.78, 5) is 38.2. The molecular weight excluding hydrogens is 568 g/mol. The van der Waals surface area contributed by atoms with Gasteiger partial charge in [0, 0.05) is 17.2 Å². The monoisotopic (exact) mass is 602 g/mol. The van der Waals surface area contributed by atoms with E-state index < -0.39 is 11.9 Å². The van der Waals surface area contributed by atoms with Crippen molar-refractivity contribution in [3.05, 3.63) is 148 Å². The lowest BCUT2D eigenvalue weighted by atomic mass is 9.96. The van der Waals surface area contributed by atoms with E-state index in [1.54, 1.807) is 92.9 Å². The van der Waals surface area contributed by atoms with Crippen LogP contribution in [0.4, 0.5) is 0 Å². The number of aliphatic hydroxyl groups is 1. The number of methoxy groups -OCH3 is 2. The molecular formula is C38H34O7. The number of rotatable bonds is 12. The number of esters is 1. The molecule has 0 aromatic heterocycles. The fourth-order valence-corrected chi connectivity index (χ4v) is 4.45. The van der Waals surface area contributed by atoms with Gasteiger partial charge < -0.3 is 19.3 Å². The number of ketones is 2. The van der Waals surface area contributed by atoms with Crippen LogP contribution in [0.1, 0.15) is 51.0 Å². The minimum atomic E-state index is -0.653. The maximum Gasteiger partial charge on any atom is 0.318 e. The number of hydrogen-bond donors (Lipinski definition) is 1. The molecule has 0 bridgehead atoms. The Morgan fingerprint density at radius 1 is 0.711 bits per heavy atom. The molecule has 0 unspecified atom stereocenters. The number of ether oxygens (including phenoxy) is 3. The zero-order chi connectivity index (χ0) is 32.3. The second-order valence-corrected chi connectivity index (χ2v) is 10.2. The molecule has 45 heavy (non-hydrogen) atoms. The molecule has 7 nitrogen and oxygen atoms in total. The van der Waals surface area contributed by atoms with E-state index in [0.29, 0.717) is 28.0 Å². The van der Waals surface area contributed by atoms with Crippen LogP contribution in [0.25, 0.3) is 12.2 Å². The Kier molecular flexibility index (Phi) is 10.9. The van der Waals surface area contributed by atoms with Gasteiger partial charge in [0.15, 0.2) is 23.1 Å². The Balaban J connectivity index is 1.40. The Bertz CT molecular complexity index is 1780. The number of aliphatic hydroxyl groups excluding tert-OH is 1. The SMILES string of the molecule is COc1cc(/C=C/C(=O)C=C(O)/C=C/c2ccc(OC(=O)[C@H](C)c3cccc(C(=O)c4ccccc4)c3)c(OC)c2)ccc1C. The highest BCUT2D eigenvalue weighted by molar-refractivity contribution is 6.09. The van der Waals surface area contributed by atoms with Gasteiger partial charge in [-0.3, -0.25) is 14.4 Å². The molecule has 0 heterocycles. The van der Waals surface area contributed by atoms with E-state index in [1.165, 1.54) is 19.3 Å². The number of benzene rings is 4. The molecule has 0 saturated heterocycles. The van der Waals surface area contributed by atoms with Gasteiger partial charge in [-0.1, -0.05) is 78.9 Å². The van der Waals surface area contributed by atoms with Gasteiger partial charge in [-0.25, -0.2) is 0 Å². The van der Waals surface area contributed by atoms with Crippen molar-refractivity contribution in [2.75, 3.05) is 14.2 Å². The Hall–Kier alpha value is -5.69. The number of hydrogen-bond acceptors (Lipinski definition) is 7. The summed E-state index contributed by atoms with van der Waals surface area (Å²) >= 11 is 0. The van der Waals surface area contributed by atoms with Crippen LogP contribution in [0.2, 0.25) is 0 Å². The van der Waals surface area contributed by atoms with Crippen molar-refractivity contribution in [2.24, 2.45) is 0 Å². The normalized spacial score (nSPS) is 12.2. The molecule has 4 rings (SSSR count). The van der Waals surface area contributed by atoms with Crippen LogP contribution in [0.15, 0.2) is 115 Å². The molecule has 0 amide bonds. The first-order chi connectivity index (χ1) is 21.7. The summed E-state index contributed by atoms with van der Waals surface area (Å²) in [5.74, 6) is -0.677. The first-order valence-electron chi connectivity index (χ1n) is 14.2. The Morgan fingerprint density at radius 2 is 1.36 bits per heavy atom. The molecule has 0 saturated carbocycles. The molecule has 0 spiro atoms. The zero-order valence-corrected chi connectivity index (χ0v) is 25.5. The van der Waals surface area contributed by atoms with Crippen molar-refractivity contribution in [1.29, 1.82) is 0 Å². The Labute approximate surface area is 262 Å². The topological polar surface area (TPSA) is 99.1 Å². The molecule has 1 atom stereocenters. The summed E-state index contributed by atoms with van der Waals surface area (Å²) < 4.78 is 16.4. The molecule has 4 aromatic carbocycles. The zero-order valence-electron chi connectivity index (χ0n) is 25.5. The minimum absolute atomic E-state index is 0.131.